The van der Waals surface area contributed by atoms with Crippen LogP contribution in [-0.2, 0) is 29.3 Å². The fourth-order valence-electron chi connectivity index (χ4n) is 3.16. The molecule has 1 aliphatic heterocycles. The van der Waals surface area contributed by atoms with Gasteiger partial charge in [0, 0.05) is 22.8 Å². The normalized spacial score (nSPS) is 12.5. The predicted octanol–water partition coefficient (Wildman–Crippen LogP) is 2.42. The molecule has 8 nitrogen and oxygen atoms in total. The van der Waals surface area contributed by atoms with E-state index >= 15 is 0 Å². The zero-order valence-electron chi connectivity index (χ0n) is 15.2. The van der Waals surface area contributed by atoms with Crippen molar-refractivity contribution in [1.29, 1.82) is 0 Å². The number of rotatable bonds is 7. The highest BCUT2D eigenvalue weighted by Crippen LogP contribution is 2.37. The molecular formula is C19H19N3O5S. The van der Waals surface area contributed by atoms with Gasteiger partial charge in [0.25, 0.3) is 11.5 Å². The molecule has 1 aromatic heterocycles. The number of hydrogen-bond donors (Lipinski definition) is 2. The van der Waals surface area contributed by atoms with Crippen LogP contribution in [0.1, 0.15) is 39.7 Å². The highest BCUT2D eigenvalue weighted by molar-refractivity contribution is 7.98. The Labute approximate surface area is 164 Å². The van der Waals surface area contributed by atoms with Gasteiger partial charge in [0.05, 0.1) is 6.54 Å². The molecule has 0 atom stereocenters. The third kappa shape index (κ3) is 3.84. The van der Waals surface area contributed by atoms with Gasteiger partial charge in [0.15, 0.2) is 0 Å². The third-order valence-electron chi connectivity index (χ3n) is 4.63. The lowest BCUT2D eigenvalue weighted by Gasteiger charge is -2.16. The monoisotopic (exact) mass is 401 g/mol. The van der Waals surface area contributed by atoms with Crippen molar-refractivity contribution in [2.24, 2.45) is 5.18 Å². The number of carboxylic acids is 1. The first-order chi connectivity index (χ1) is 13.5. The Balaban J connectivity index is 2.09. The molecule has 1 aromatic carbocycles. The van der Waals surface area contributed by atoms with Gasteiger partial charge in [0.2, 0.25) is 0 Å². The van der Waals surface area contributed by atoms with E-state index in [1.54, 1.807) is 0 Å². The number of amides is 1. The number of aromatic nitrogens is 1. The summed E-state index contributed by atoms with van der Waals surface area (Å²) in [5.41, 5.74) is 2.07. The number of carbonyl (C=O) groups is 2. The number of thioether (sulfide) groups is 1. The summed E-state index contributed by atoms with van der Waals surface area (Å²) in [5.74, 6) is -1.15. The molecule has 2 N–H and O–H groups in total. The van der Waals surface area contributed by atoms with Gasteiger partial charge in [0.1, 0.15) is 17.8 Å². The molecule has 3 rings (SSSR count). The Morgan fingerprint density at radius 1 is 1.21 bits per heavy atom. The number of carboxylic acid groups (broad SMARTS) is 1. The molecule has 1 aliphatic rings. The van der Waals surface area contributed by atoms with Crippen molar-refractivity contribution < 1.29 is 14.7 Å². The fourth-order valence-corrected chi connectivity index (χ4v) is 4.29. The first-order valence-corrected chi connectivity index (χ1v) is 9.89. The van der Waals surface area contributed by atoms with Gasteiger partial charge < -0.3 is 15.0 Å². The predicted molar refractivity (Wildman–Crippen MR) is 106 cm³/mol. The standard InChI is InChI=1S/C19H19N3O5S/c1-2-11-3-5-12(6-4-11)8-22-14-10-28-9-13(14)17(21-27)16(19(22)26)18(25)20-7-15(23)24/h3-6H,2,7-10H2,1H3,(H,20,25)(H,23,24). The molecule has 2 aromatic rings. The molecule has 0 fully saturated rings. The zero-order chi connectivity index (χ0) is 20.3. The average molecular weight is 401 g/mol. The number of nitrogens with one attached hydrogen (secondary N) is 1. The SMILES string of the molecule is CCc1ccc(Cn2c3c(c(N=O)c(C(=O)NCC(=O)O)c2=O)CSC3)cc1. The van der Waals surface area contributed by atoms with E-state index in [9.17, 15) is 19.3 Å². The van der Waals surface area contributed by atoms with E-state index < -0.39 is 29.5 Å². The second-order valence-corrected chi connectivity index (χ2v) is 7.36. The van der Waals surface area contributed by atoms with Crippen LogP contribution < -0.4 is 10.9 Å². The molecule has 0 saturated carbocycles. The van der Waals surface area contributed by atoms with Crippen LogP contribution >= 0.6 is 11.8 Å². The molecule has 0 radical (unpaired) electrons. The van der Waals surface area contributed by atoms with Crippen LogP contribution in [0.5, 0.6) is 0 Å². The van der Waals surface area contributed by atoms with Crippen LogP contribution in [0, 0.1) is 4.91 Å². The number of carbonyl (C=O) groups excluding carboxylic acids is 1. The van der Waals surface area contributed by atoms with E-state index in [0.29, 0.717) is 22.8 Å². The molecule has 0 aliphatic carbocycles. The van der Waals surface area contributed by atoms with Crippen LogP contribution in [0.4, 0.5) is 5.69 Å². The van der Waals surface area contributed by atoms with Gasteiger partial charge in [-0.15, -0.1) is 4.91 Å². The molecule has 0 saturated heterocycles. The minimum Gasteiger partial charge on any atom is -0.480 e. The van der Waals surface area contributed by atoms with Gasteiger partial charge in [-0.1, -0.05) is 31.2 Å². The molecule has 9 heteroatoms. The maximum Gasteiger partial charge on any atom is 0.322 e. The summed E-state index contributed by atoms with van der Waals surface area (Å²) in [6.45, 7) is 1.65. The van der Waals surface area contributed by atoms with E-state index in [4.69, 9.17) is 5.11 Å². The van der Waals surface area contributed by atoms with Gasteiger partial charge in [-0.25, -0.2) is 0 Å². The average Bonchev–Trinajstić information content (AvgIpc) is 3.17. The minimum absolute atomic E-state index is 0.189. The maximum absolute atomic E-state index is 13.1. The molecule has 0 bridgehead atoms. The molecule has 0 unspecified atom stereocenters. The van der Waals surface area contributed by atoms with E-state index in [1.165, 1.54) is 21.9 Å². The summed E-state index contributed by atoms with van der Waals surface area (Å²) in [7, 11) is 0. The van der Waals surface area contributed by atoms with Crippen LogP contribution in [0.25, 0.3) is 0 Å². The summed E-state index contributed by atoms with van der Waals surface area (Å²) in [6, 6.07) is 7.82. The summed E-state index contributed by atoms with van der Waals surface area (Å²) < 4.78 is 1.49. The van der Waals surface area contributed by atoms with Crippen molar-refractivity contribution in [1.82, 2.24) is 9.88 Å². The van der Waals surface area contributed by atoms with Crippen molar-refractivity contribution in [2.45, 2.75) is 31.4 Å². The molecule has 1 amide bonds. The number of fused-ring (bicyclic) bond motifs is 1. The maximum atomic E-state index is 13.1. The highest BCUT2D eigenvalue weighted by Gasteiger charge is 2.29. The Morgan fingerprint density at radius 3 is 2.50 bits per heavy atom. The largest absolute Gasteiger partial charge is 0.480 e. The first-order valence-electron chi connectivity index (χ1n) is 8.73. The Bertz CT molecular complexity index is 998. The van der Waals surface area contributed by atoms with Gasteiger partial charge in [-0.2, -0.15) is 11.8 Å². The summed E-state index contributed by atoms with van der Waals surface area (Å²) in [4.78, 5) is 47.7. The number of benzene rings is 1. The van der Waals surface area contributed by atoms with Crippen LogP contribution in [0.15, 0.2) is 34.2 Å². The van der Waals surface area contributed by atoms with Crippen molar-refractivity contribution >= 4 is 29.3 Å². The van der Waals surface area contributed by atoms with Gasteiger partial charge in [-0.3, -0.25) is 14.4 Å². The lowest BCUT2D eigenvalue weighted by atomic mass is 10.1. The zero-order valence-corrected chi connectivity index (χ0v) is 16.0. The summed E-state index contributed by atoms with van der Waals surface area (Å²) in [6.07, 6.45) is 0.903. The quantitative estimate of drug-likeness (QED) is 0.688. The number of pyridine rings is 1. The van der Waals surface area contributed by atoms with Crippen molar-refractivity contribution in [2.75, 3.05) is 6.54 Å². The van der Waals surface area contributed by atoms with Gasteiger partial charge >= 0.3 is 5.97 Å². The van der Waals surface area contributed by atoms with E-state index in [2.05, 4.69) is 17.4 Å². The van der Waals surface area contributed by atoms with Crippen molar-refractivity contribution in [3.63, 3.8) is 0 Å². The number of aliphatic carboxylic acids is 1. The Kier molecular flexibility index (Phi) is 5.93. The second-order valence-electron chi connectivity index (χ2n) is 6.37. The number of hydrogen-bond acceptors (Lipinski definition) is 6. The van der Waals surface area contributed by atoms with E-state index in [0.717, 1.165) is 12.0 Å². The molecule has 28 heavy (non-hydrogen) atoms. The van der Waals surface area contributed by atoms with Crippen LogP contribution in [0.3, 0.4) is 0 Å². The summed E-state index contributed by atoms with van der Waals surface area (Å²) >= 11 is 1.53. The van der Waals surface area contributed by atoms with Crippen LogP contribution in [0.2, 0.25) is 0 Å². The third-order valence-corrected chi connectivity index (χ3v) is 5.60. The molecule has 0 spiro atoms. The Hall–Kier alpha value is -2.94. The van der Waals surface area contributed by atoms with E-state index in [-0.39, 0.29) is 12.2 Å². The highest BCUT2D eigenvalue weighted by atomic mass is 32.2. The molecule has 146 valence electrons. The fraction of sp³-hybridized carbons (Fsp3) is 0.316. The van der Waals surface area contributed by atoms with Crippen molar-refractivity contribution in [3.8, 4) is 0 Å². The number of nitrogens with zero attached hydrogens (tertiary/aromatic N) is 2. The Morgan fingerprint density at radius 2 is 1.89 bits per heavy atom. The smallest absolute Gasteiger partial charge is 0.322 e. The summed E-state index contributed by atoms with van der Waals surface area (Å²) in [5, 5.41) is 13.9. The van der Waals surface area contributed by atoms with Crippen molar-refractivity contribution in [3.05, 3.63) is 67.5 Å². The topological polar surface area (TPSA) is 118 Å². The molecular weight excluding hydrogens is 382 g/mol. The lowest BCUT2D eigenvalue weighted by Crippen LogP contribution is -2.37. The minimum atomic E-state index is -1.25. The first kappa shape index (κ1) is 19.8. The molecule has 2 heterocycles. The number of nitroso groups, excluding NO2 is 1. The van der Waals surface area contributed by atoms with E-state index in [1.807, 2.05) is 24.3 Å². The van der Waals surface area contributed by atoms with Crippen LogP contribution in [-0.4, -0.2) is 28.1 Å². The lowest BCUT2D eigenvalue weighted by molar-refractivity contribution is -0.135. The van der Waals surface area contributed by atoms with Gasteiger partial charge in [-0.05, 0) is 22.7 Å². The number of aryl methyl sites for hydroxylation is 1. The second kappa shape index (κ2) is 8.39.